The van der Waals surface area contributed by atoms with Gasteiger partial charge < -0.3 is 10.5 Å². The molecule has 6 nitrogen and oxygen atoms in total. The van der Waals surface area contributed by atoms with Gasteiger partial charge in [-0.1, -0.05) is 24.3 Å². The van der Waals surface area contributed by atoms with Crippen LogP contribution >= 0.6 is 0 Å². The van der Waals surface area contributed by atoms with Crippen molar-refractivity contribution in [3.8, 4) is 0 Å². The molecule has 142 valence electrons. The summed E-state index contributed by atoms with van der Waals surface area (Å²) in [7, 11) is 1.39. The number of anilines is 2. The third kappa shape index (κ3) is 4.46. The molecule has 0 aromatic heterocycles. The Morgan fingerprint density at radius 3 is 1.96 bits per heavy atom. The number of carbonyl (C=O) groups is 2. The highest BCUT2D eigenvalue weighted by Gasteiger charge is 2.27. The first kappa shape index (κ1) is 18.9. The molecule has 2 aromatic rings. The van der Waals surface area contributed by atoms with Crippen LogP contribution < -0.4 is 15.5 Å². The predicted molar refractivity (Wildman–Crippen MR) is 106 cm³/mol. The predicted octanol–water partition coefficient (Wildman–Crippen LogP) is 3.09. The first-order chi connectivity index (χ1) is 13.1. The molecule has 0 saturated carbocycles. The Hall–Kier alpha value is -2.86. The van der Waals surface area contributed by atoms with Gasteiger partial charge in [0.1, 0.15) is 0 Å². The van der Waals surface area contributed by atoms with Gasteiger partial charge in [-0.3, -0.25) is 14.6 Å². The number of benzene rings is 2. The first-order valence-electron chi connectivity index (χ1n) is 9.16. The average molecular weight is 367 g/mol. The van der Waals surface area contributed by atoms with Crippen molar-refractivity contribution < 1.29 is 14.3 Å². The summed E-state index contributed by atoms with van der Waals surface area (Å²) in [5, 5.41) is 0. The number of aryl methyl sites for hydroxylation is 1. The van der Waals surface area contributed by atoms with Gasteiger partial charge in [0, 0.05) is 37.4 Å². The maximum Gasteiger partial charge on any atom is 0.328 e. The van der Waals surface area contributed by atoms with Crippen molar-refractivity contribution in [1.29, 1.82) is 0 Å². The Morgan fingerprint density at radius 1 is 0.963 bits per heavy atom. The van der Waals surface area contributed by atoms with E-state index >= 15 is 0 Å². The molecular weight excluding hydrogens is 342 g/mol. The third-order valence-corrected chi connectivity index (χ3v) is 4.80. The molecular formula is C21H25N3O3. The molecule has 0 unspecified atom stereocenters. The summed E-state index contributed by atoms with van der Waals surface area (Å²) in [6.45, 7) is 1.88. The molecule has 2 aromatic carbocycles. The lowest BCUT2D eigenvalue weighted by Crippen LogP contribution is -2.49. The zero-order valence-corrected chi connectivity index (χ0v) is 15.6. The smallest absolute Gasteiger partial charge is 0.328 e. The standard InChI is InChI=1S/C21H25N3O3/c1-27-20(25)12-7-16-3-8-18(9-4-16)23-13-2-14-24(21(23)26)19-10-5-17(15-22)6-11-19/h3-6,8-11H,2,7,12-15,22H2,1H3. The van der Waals surface area contributed by atoms with E-state index in [-0.39, 0.29) is 12.0 Å². The molecule has 2 N–H and O–H groups in total. The van der Waals surface area contributed by atoms with Gasteiger partial charge in [0.25, 0.3) is 0 Å². The van der Waals surface area contributed by atoms with Crippen molar-refractivity contribution >= 4 is 23.4 Å². The highest BCUT2D eigenvalue weighted by molar-refractivity contribution is 6.04. The first-order valence-corrected chi connectivity index (χ1v) is 9.16. The summed E-state index contributed by atoms with van der Waals surface area (Å²) in [6, 6.07) is 15.6. The van der Waals surface area contributed by atoms with Gasteiger partial charge in [-0.15, -0.1) is 0 Å². The van der Waals surface area contributed by atoms with Crippen molar-refractivity contribution in [2.24, 2.45) is 5.73 Å². The van der Waals surface area contributed by atoms with Crippen molar-refractivity contribution in [3.05, 3.63) is 59.7 Å². The van der Waals surface area contributed by atoms with Crippen LogP contribution in [0.3, 0.4) is 0 Å². The van der Waals surface area contributed by atoms with Gasteiger partial charge in [-0.2, -0.15) is 0 Å². The zero-order valence-electron chi connectivity index (χ0n) is 15.6. The number of rotatable bonds is 6. The van der Waals surface area contributed by atoms with Crippen molar-refractivity contribution in [2.45, 2.75) is 25.8 Å². The number of urea groups is 1. The van der Waals surface area contributed by atoms with E-state index in [1.54, 1.807) is 9.80 Å². The average Bonchev–Trinajstić information content (AvgIpc) is 2.73. The monoisotopic (exact) mass is 367 g/mol. The Morgan fingerprint density at radius 2 is 1.48 bits per heavy atom. The van der Waals surface area contributed by atoms with Crippen LogP contribution in [0.5, 0.6) is 0 Å². The highest BCUT2D eigenvalue weighted by Crippen LogP contribution is 2.25. The minimum atomic E-state index is -0.221. The van der Waals surface area contributed by atoms with Crippen LogP contribution in [0.25, 0.3) is 0 Å². The van der Waals surface area contributed by atoms with E-state index in [0.717, 1.165) is 28.9 Å². The molecule has 0 atom stereocenters. The fourth-order valence-electron chi connectivity index (χ4n) is 3.21. The molecule has 1 saturated heterocycles. The topological polar surface area (TPSA) is 75.9 Å². The van der Waals surface area contributed by atoms with E-state index in [4.69, 9.17) is 5.73 Å². The zero-order chi connectivity index (χ0) is 19.2. The Labute approximate surface area is 159 Å². The van der Waals surface area contributed by atoms with E-state index in [1.807, 2.05) is 48.5 Å². The highest BCUT2D eigenvalue weighted by atomic mass is 16.5. The summed E-state index contributed by atoms with van der Waals surface area (Å²) >= 11 is 0. The molecule has 0 bridgehead atoms. The maximum atomic E-state index is 13.0. The number of hydrogen-bond donors (Lipinski definition) is 1. The second-order valence-electron chi connectivity index (χ2n) is 6.55. The molecule has 1 aliphatic heterocycles. The van der Waals surface area contributed by atoms with Gasteiger partial charge in [0.05, 0.1) is 7.11 Å². The molecule has 3 rings (SSSR count). The summed E-state index contributed by atoms with van der Waals surface area (Å²) in [6.07, 6.45) is 1.88. The van der Waals surface area contributed by atoms with Crippen molar-refractivity contribution in [2.75, 3.05) is 30.0 Å². The van der Waals surface area contributed by atoms with E-state index in [9.17, 15) is 9.59 Å². The molecule has 0 aliphatic carbocycles. The molecule has 0 spiro atoms. The van der Waals surface area contributed by atoms with Gasteiger partial charge >= 0.3 is 12.0 Å². The van der Waals surface area contributed by atoms with Crippen molar-refractivity contribution in [3.63, 3.8) is 0 Å². The SMILES string of the molecule is COC(=O)CCc1ccc(N2CCCN(c3ccc(CN)cc3)C2=O)cc1. The Balaban J connectivity index is 1.70. The molecule has 6 heteroatoms. The number of carbonyl (C=O) groups excluding carboxylic acids is 2. The van der Waals surface area contributed by atoms with Crippen LogP contribution in [0, 0.1) is 0 Å². The fourth-order valence-corrected chi connectivity index (χ4v) is 3.21. The van der Waals surface area contributed by atoms with Gasteiger partial charge in [0.2, 0.25) is 0 Å². The lowest BCUT2D eigenvalue weighted by Gasteiger charge is -2.35. The number of hydrogen-bond acceptors (Lipinski definition) is 4. The normalized spacial score (nSPS) is 14.4. The minimum Gasteiger partial charge on any atom is -0.469 e. The third-order valence-electron chi connectivity index (χ3n) is 4.80. The molecule has 1 heterocycles. The molecule has 2 amide bonds. The minimum absolute atomic E-state index is 0.0240. The summed E-state index contributed by atoms with van der Waals surface area (Å²) in [4.78, 5) is 27.8. The number of nitrogens with zero attached hydrogens (tertiary/aromatic N) is 2. The van der Waals surface area contributed by atoms with Crippen LogP contribution in [0.1, 0.15) is 24.0 Å². The van der Waals surface area contributed by atoms with Gasteiger partial charge in [0.15, 0.2) is 0 Å². The van der Waals surface area contributed by atoms with Crippen LogP contribution in [-0.4, -0.2) is 32.2 Å². The second-order valence-corrected chi connectivity index (χ2v) is 6.55. The van der Waals surface area contributed by atoms with Crippen LogP contribution in [-0.2, 0) is 22.5 Å². The number of methoxy groups -OCH3 is 1. The lowest BCUT2D eigenvalue weighted by molar-refractivity contribution is -0.140. The lowest BCUT2D eigenvalue weighted by atomic mass is 10.1. The Bertz CT molecular complexity index is 787. The summed E-state index contributed by atoms with van der Waals surface area (Å²) in [5.41, 5.74) is 9.49. The van der Waals surface area contributed by atoms with E-state index < -0.39 is 0 Å². The quantitative estimate of drug-likeness (QED) is 0.796. The molecule has 27 heavy (non-hydrogen) atoms. The number of esters is 1. The summed E-state index contributed by atoms with van der Waals surface area (Å²) < 4.78 is 4.67. The number of nitrogens with two attached hydrogens (primary N) is 1. The fraction of sp³-hybridized carbons (Fsp3) is 0.333. The molecule has 1 fully saturated rings. The van der Waals surface area contributed by atoms with Crippen LogP contribution in [0.15, 0.2) is 48.5 Å². The number of amides is 2. The largest absolute Gasteiger partial charge is 0.469 e. The second kappa shape index (κ2) is 8.68. The van der Waals surface area contributed by atoms with Gasteiger partial charge in [-0.05, 0) is 48.2 Å². The van der Waals surface area contributed by atoms with E-state index in [0.29, 0.717) is 32.5 Å². The number of ether oxygens (including phenoxy) is 1. The van der Waals surface area contributed by atoms with E-state index in [2.05, 4.69) is 4.74 Å². The van der Waals surface area contributed by atoms with E-state index in [1.165, 1.54) is 7.11 Å². The van der Waals surface area contributed by atoms with Crippen molar-refractivity contribution in [1.82, 2.24) is 0 Å². The van der Waals surface area contributed by atoms with Crippen LogP contribution in [0.2, 0.25) is 0 Å². The van der Waals surface area contributed by atoms with Crippen LogP contribution in [0.4, 0.5) is 16.2 Å². The Kier molecular flexibility index (Phi) is 6.08. The van der Waals surface area contributed by atoms with Gasteiger partial charge in [-0.25, -0.2) is 4.79 Å². The summed E-state index contributed by atoms with van der Waals surface area (Å²) in [5.74, 6) is -0.221. The molecule has 1 aliphatic rings. The maximum absolute atomic E-state index is 13.0. The molecule has 0 radical (unpaired) electrons.